The van der Waals surface area contributed by atoms with Gasteiger partial charge in [-0.2, -0.15) is 5.11 Å². The Morgan fingerprint density at radius 3 is 2.71 bits per heavy atom. The Hall–Kier alpha value is -0.970. The summed E-state index contributed by atoms with van der Waals surface area (Å²) in [7, 11) is 0. The molecule has 1 aliphatic rings. The zero-order chi connectivity index (χ0) is 10.8. The average Bonchev–Trinajstić information content (AvgIpc) is 2.50. The second kappa shape index (κ2) is 4.04. The molecular formula is C9H16N2O3. The molecule has 0 N–H and O–H groups in total. The minimum absolute atomic E-state index is 0.172. The molecule has 1 heterocycles. The molecule has 0 saturated heterocycles. The number of hydrogen-bond donors (Lipinski definition) is 0. The Kier molecular flexibility index (Phi) is 3.21. The number of hydrogen-bond acceptors (Lipinski definition) is 5. The number of azo groups is 1. The van der Waals surface area contributed by atoms with Gasteiger partial charge in [-0.05, 0) is 13.8 Å². The monoisotopic (exact) mass is 200 g/mol. The lowest BCUT2D eigenvalue weighted by atomic mass is 10.0. The summed E-state index contributed by atoms with van der Waals surface area (Å²) < 4.78 is 10.2. The van der Waals surface area contributed by atoms with Crippen molar-refractivity contribution in [3.8, 4) is 0 Å². The van der Waals surface area contributed by atoms with Gasteiger partial charge in [0.15, 0.2) is 5.72 Å². The molecule has 5 nitrogen and oxygen atoms in total. The first kappa shape index (κ1) is 11.1. The number of carbonyl (C=O) groups is 1. The van der Waals surface area contributed by atoms with Crippen molar-refractivity contribution in [2.24, 2.45) is 16.1 Å². The molecule has 0 amide bonds. The van der Waals surface area contributed by atoms with E-state index in [1.807, 2.05) is 13.8 Å². The quantitative estimate of drug-likeness (QED) is 0.652. The van der Waals surface area contributed by atoms with Crippen LogP contribution in [0.5, 0.6) is 0 Å². The molecule has 1 aliphatic heterocycles. The first-order chi connectivity index (χ1) is 6.49. The minimum Gasteiger partial charge on any atom is -0.463 e. The highest BCUT2D eigenvalue weighted by atomic mass is 16.6. The summed E-state index contributed by atoms with van der Waals surface area (Å²) in [6.07, 6.45) is -0.887. The van der Waals surface area contributed by atoms with Crippen LogP contribution in [0.3, 0.4) is 0 Å². The van der Waals surface area contributed by atoms with Crippen molar-refractivity contribution in [3.05, 3.63) is 0 Å². The van der Waals surface area contributed by atoms with Crippen LogP contribution in [0.25, 0.3) is 0 Å². The van der Waals surface area contributed by atoms with Crippen molar-refractivity contribution in [2.45, 2.75) is 39.6 Å². The van der Waals surface area contributed by atoms with E-state index in [1.165, 1.54) is 0 Å². The summed E-state index contributed by atoms with van der Waals surface area (Å²) in [6, 6.07) is 0. The van der Waals surface area contributed by atoms with E-state index in [1.54, 1.807) is 13.8 Å². The summed E-state index contributed by atoms with van der Waals surface area (Å²) in [5.74, 6) is -0.300. The van der Waals surface area contributed by atoms with Crippen LogP contribution in [0.15, 0.2) is 10.2 Å². The highest BCUT2D eigenvalue weighted by Crippen LogP contribution is 2.31. The fourth-order valence-corrected chi connectivity index (χ4v) is 1.00. The van der Waals surface area contributed by atoms with Gasteiger partial charge in [0, 0.05) is 5.92 Å². The summed E-state index contributed by atoms with van der Waals surface area (Å²) >= 11 is 0. The molecule has 2 atom stereocenters. The number of carbonyl (C=O) groups excluding carboxylic acids is 1. The van der Waals surface area contributed by atoms with E-state index in [9.17, 15) is 4.79 Å². The smallest absolute Gasteiger partial charge is 0.360 e. The van der Waals surface area contributed by atoms with Gasteiger partial charge in [-0.3, -0.25) is 0 Å². The van der Waals surface area contributed by atoms with Gasteiger partial charge < -0.3 is 9.47 Å². The Bertz CT molecular complexity index is 252. The van der Waals surface area contributed by atoms with Gasteiger partial charge in [0.2, 0.25) is 0 Å². The lowest BCUT2D eigenvalue weighted by molar-refractivity contribution is -0.163. The van der Waals surface area contributed by atoms with Crippen LogP contribution in [0.2, 0.25) is 0 Å². The van der Waals surface area contributed by atoms with Gasteiger partial charge in [0.1, 0.15) is 0 Å². The molecule has 2 unspecified atom stereocenters. The highest BCUT2D eigenvalue weighted by Gasteiger charge is 2.40. The van der Waals surface area contributed by atoms with Crippen molar-refractivity contribution < 1.29 is 14.3 Å². The van der Waals surface area contributed by atoms with E-state index in [-0.39, 0.29) is 5.92 Å². The molecule has 0 saturated carbocycles. The van der Waals surface area contributed by atoms with Crippen LogP contribution in [0.4, 0.5) is 0 Å². The third kappa shape index (κ3) is 2.09. The van der Waals surface area contributed by atoms with Gasteiger partial charge in [-0.25, -0.2) is 4.79 Å². The number of rotatable bonds is 3. The van der Waals surface area contributed by atoms with Gasteiger partial charge >= 0.3 is 5.97 Å². The first-order valence-corrected chi connectivity index (χ1v) is 4.76. The molecule has 0 aromatic heterocycles. The van der Waals surface area contributed by atoms with Crippen molar-refractivity contribution >= 4 is 5.97 Å². The molecule has 0 fully saturated rings. The molecule has 0 spiro atoms. The second-order valence-corrected chi connectivity index (χ2v) is 3.65. The fourth-order valence-electron chi connectivity index (χ4n) is 1.00. The predicted molar refractivity (Wildman–Crippen MR) is 49.6 cm³/mol. The molecule has 0 aromatic rings. The van der Waals surface area contributed by atoms with Gasteiger partial charge in [-0.1, -0.05) is 13.8 Å². The fraction of sp³-hybridized carbons (Fsp3) is 0.889. The molecule has 1 rings (SSSR count). The molecule has 5 heteroatoms. The third-order valence-corrected chi connectivity index (χ3v) is 2.27. The van der Waals surface area contributed by atoms with Crippen molar-refractivity contribution in [3.63, 3.8) is 0 Å². The number of esters is 1. The van der Waals surface area contributed by atoms with Crippen molar-refractivity contribution in [1.29, 1.82) is 0 Å². The van der Waals surface area contributed by atoms with E-state index in [0.717, 1.165) is 0 Å². The van der Waals surface area contributed by atoms with Crippen LogP contribution in [-0.2, 0) is 14.3 Å². The summed E-state index contributed by atoms with van der Waals surface area (Å²) in [5.41, 5.74) is -0.697. The SMILES string of the molecule is CCOC(=O)C1N=NC(C)(C(C)C)O1. The maximum Gasteiger partial charge on any atom is 0.360 e. The Morgan fingerprint density at radius 1 is 1.64 bits per heavy atom. The zero-order valence-corrected chi connectivity index (χ0v) is 8.98. The zero-order valence-electron chi connectivity index (χ0n) is 8.98. The van der Waals surface area contributed by atoms with Crippen LogP contribution >= 0.6 is 0 Å². The molecule has 0 aliphatic carbocycles. The Labute approximate surface area is 83.5 Å². The minimum atomic E-state index is -0.887. The van der Waals surface area contributed by atoms with Crippen LogP contribution in [0, 0.1) is 5.92 Å². The van der Waals surface area contributed by atoms with Crippen LogP contribution in [0.1, 0.15) is 27.7 Å². The van der Waals surface area contributed by atoms with E-state index in [2.05, 4.69) is 10.2 Å². The summed E-state index contributed by atoms with van der Waals surface area (Å²) in [5, 5.41) is 7.71. The van der Waals surface area contributed by atoms with Gasteiger partial charge in [0.05, 0.1) is 6.61 Å². The maximum atomic E-state index is 11.3. The normalized spacial score (nSPS) is 31.1. The van der Waals surface area contributed by atoms with Gasteiger partial charge in [-0.15, -0.1) is 5.11 Å². The molecular weight excluding hydrogens is 184 g/mol. The maximum absolute atomic E-state index is 11.3. The second-order valence-electron chi connectivity index (χ2n) is 3.65. The lowest BCUT2D eigenvalue weighted by Gasteiger charge is -2.23. The van der Waals surface area contributed by atoms with Crippen LogP contribution < -0.4 is 0 Å². The standard InChI is InChI=1S/C9H16N2O3/c1-5-13-8(12)7-10-11-9(4,14-7)6(2)3/h6-7H,5H2,1-4H3. The molecule has 0 bridgehead atoms. The average molecular weight is 200 g/mol. The van der Waals surface area contributed by atoms with E-state index in [0.29, 0.717) is 6.61 Å². The first-order valence-electron chi connectivity index (χ1n) is 4.76. The molecule has 0 radical (unpaired) electrons. The van der Waals surface area contributed by atoms with Crippen LogP contribution in [-0.4, -0.2) is 24.5 Å². The van der Waals surface area contributed by atoms with Crippen molar-refractivity contribution in [2.75, 3.05) is 6.61 Å². The van der Waals surface area contributed by atoms with E-state index >= 15 is 0 Å². The van der Waals surface area contributed by atoms with E-state index < -0.39 is 17.9 Å². The lowest BCUT2D eigenvalue weighted by Crippen LogP contribution is -2.34. The van der Waals surface area contributed by atoms with Crippen molar-refractivity contribution in [1.82, 2.24) is 0 Å². The predicted octanol–water partition coefficient (Wildman–Crippen LogP) is 1.73. The van der Waals surface area contributed by atoms with Gasteiger partial charge in [0.25, 0.3) is 6.23 Å². The molecule has 14 heavy (non-hydrogen) atoms. The topological polar surface area (TPSA) is 60.2 Å². The molecule has 0 aromatic carbocycles. The Balaban J connectivity index is 2.58. The largest absolute Gasteiger partial charge is 0.463 e. The Morgan fingerprint density at radius 2 is 2.29 bits per heavy atom. The summed E-state index contributed by atoms with van der Waals surface area (Å²) in [4.78, 5) is 11.3. The van der Waals surface area contributed by atoms with E-state index in [4.69, 9.17) is 9.47 Å². The third-order valence-electron chi connectivity index (χ3n) is 2.27. The number of nitrogens with zero attached hydrogens (tertiary/aromatic N) is 2. The highest BCUT2D eigenvalue weighted by molar-refractivity contribution is 5.74. The number of ether oxygens (including phenoxy) is 2. The molecule has 80 valence electrons. The summed E-state index contributed by atoms with van der Waals surface area (Å²) in [6.45, 7) is 7.80.